The van der Waals surface area contributed by atoms with Crippen LogP contribution in [0.1, 0.15) is 11.3 Å². The molecule has 0 fully saturated rings. The molecule has 1 unspecified atom stereocenters. The summed E-state index contributed by atoms with van der Waals surface area (Å²) >= 11 is 3.37. The molecular formula is C15H17BrN2O. The van der Waals surface area contributed by atoms with E-state index in [0.717, 1.165) is 34.3 Å². The Hall–Kier alpha value is -1.39. The Labute approximate surface area is 121 Å². The van der Waals surface area contributed by atoms with Gasteiger partial charge in [0.1, 0.15) is 5.75 Å². The molecule has 0 amide bonds. The van der Waals surface area contributed by atoms with Crippen LogP contribution in [0.25, 0.3) is 0 Å². The molecule has 0 aliphatic carbocycles. The molecule has 0 saturated heterocycles. The number of nitrogens with zero attached hydrogens (tertiary/aromatic N) is 1. The summed E-state index contributed by atoms with van der Waals surface area (Å²) in [6.45, 7) is 0. The van der Waals surface area contributed by atoms with E-state index in [2.05, 4.69) is 20.9 Å². The predicted octanol–water partition coefficient (Wildman–Crippen LogP) is 2.97. The average Bonchev–Trinajstić information content (AvgIpc) is 2.42. The summed E-state index contributed by atoms with van der Waals surface area (Å²) in [5, 5.41) is 0. The molecule has 100 valence electrons. The highest BCUT2D eigenvalue weighted by molar-refractivity contribution is 9.10. The van der Waals surface area contributed by atoms with Crippen molar-refractivity contribution in [3.63, 3.8) is 0 Å². The molecule has 1 heterocycles. The van der Waals surface area contributed by atoms with E-state index in [4.69, 9.17) is 10.5 Å². The molecule has 0 saturated carbocycles. The highest BCUT2D eigenvalue weighted by Gasteiger charge is 2.09. The van der Waals surface area contributed by atoms with Gasteiger partial charge in [-0.25, -0.2) is 0 Å². The quantitative estimate of drug-likeness (QED) is 0.921. The number of para-hydroxylation sites is 1. The molecule has 0 aliphatic rings. The van der Waals surface area contributed by atoms with Crippen molar-refractivity contribution < 1.29 is 4.74 Å². The monoisotopic (exact) mass is 320 g/mol. The number of methoxy groups -OCH3 is 1. The van der Waals surface area contributed by atoms with Crippen LogP contribution >= 0.6 is 15.9 Å². The number of aromatic nitrogens is 1. The molecule has 4 heteroatoms. The number of rotatable bonds is 5. The molecule has 0 bridgehead atoms. The second-order valence-corrected chi connectivity index (χ2v) is 5.36. The van der Waals surface area contributed by atoms with Crippen LogP contribution in [0.15, 0.2) is 47.1 Å². The van der Waals surface area contributed by atoms with Gasteiger partial charge in [0, 0.05) is 28.8 Å². The number of ether oxygens (including phenoxy) is 1. The zero-order valence-electron chi connectivity index (χ0n) is 10.8. The Morgan fingerprint density at radius 3 is 2.68 bits per heavy atom. The van der Waals surface area contributed by atoms with Gasteiger partial charge in [-0.05, 0) is 46.1 Å². The lowest BCUT2D eigenvalue weighted by molar-refractivity contribution is 0.407. The fourth-order valence-electron chi connectivity index (χ4n) is 2.02. The Bertz CT molecular complexity index is 528. The van der Waals surface area contributed by atoms with Gasteiger partial charge >= 0.3 is 0 Å². The van der Waals surface area contributed by atoms with Crippen molar-refractivity contribution in [3.05, 3.63) is 58.3 Å². The maximum atomic E-state index is 6.19. The molecular weight excluding hydrogens is 304 g/mol. The van der Waals surface area contributed by atoms with Gasteiger partial charge < -0.3 is 10.5 Å². The topological polar surface area (TPSA) is 48.1 Å². The second kappa shape index (κ2) is 6.68. The normalized spacial score (nSPS) is 12.2. The summed E-state index contributed by atoms with van der Waals surface area (Å²) in [6.07, 6.45) is 3.33. The van der Waals surface area contributed by atoms with E-state index in [9.17, 15) is 0 Å². The minimum absolute atomic E-state index is 0.0324. The smallest absolute Gasteiger partial charge is 0.122 e. The highest BCUT2D eigenvalue weighted by atomic mass is 79.9. The summed E-state index contributed by atoms with van der Waals surface area (Å²) in [4.78, 5) is 4.34. The Balaban J connectivity index is 2.01. The number of hydrogen-bond acceptors (Lipinski definition) is 3. The van der Waals surface area contributed by atoms with E-state index >= 15 is 0 Å². The summed E-state index contributed by atoms with van der Waals surface area (Å²) in [5.41, 5.74) is 8.33. The lowest BCUT2D eigenvalue weighted by Crippen LogP contribution is -2.26. The van der Waals surface area contributed by atoms with Gasteiger partial charge in [0.15, 0.2) is 0 Å². The first-order chi connectivity index (χ1) is 9.19. The zero-order chi connectivity index (χ0) is 13.7. The van der Waals surface area contributed by atoms with Crippen molar-refractivity contribution in [2.45, 2.75) is 18.9 Å². The highest BCUT2D eigenvalue weighted by Crippen LogP contribution is 2.19. The van der Waals surface area contributed by atoms with Crippen molar-refractivity contribution >= 4 is 15.9 Å². The van der Waals surface area contributed by atoms with E-state index in [1.807, 2.05) is 36.4 Å². The van der Waals surface area contributed by atoms with Crippen molar-refractivity contribution in [1.82, 2.24) is 4.98 Å². The van der Waals surface area contributed by atoms with Crippen LogP contribution in [0, 0.1) is 0 Å². The van der Waals surface area contributed by atoms with Crippen molar-refractivity contribution in [3.8, 4) is 5.75 Å². The molecule has 1 atom stereocenters. The molecule has 2 rings (SSSR count). The van der Waals surface area contributed by atoms with Gasteiger partial charge in [0.25, 0.3) is 0 Å². The third kappa shape index (κ3) is 4.04. The molecule has 0 radical (unpaired) electrons. The molecule has 0 spiro atoms. The first-order valence-corrected chi connectivity index (χ1v) is 6.96. The van der Waals surface area contributed by atoms with Gasteiger partial charge in [-0.1, -0.05) is 18.2 Å². The number of benzene rings is 1. The summed E-state index contributed by atoms with van der Waals surface area (Å²) in [6, 6.07) is 12.0. The molecule has 19 heavy (non-hydrogen) atoms. The predicted molar refractivity (Wildman–Crippen MR) is 80.3 cm³/mol. The molecule has 1 aromatic carbocycles. The number of nitrogens with two attached hydrogens (primary N) is 1. The van der Waals surface area contributed by atoms with E-state index in [1.165, 1.54) is 0 Å². The van der Waals surface area contributed by atoms with Gasteiger partial charge in [-0.15, -0.1) is 0 Å². The fraction of sp³-hybridized carbons (Fsp3) is 0.267. The fourth-order valence-corrected chi connectivity index (χ4v) is 2.26. The third-order valence-electron chi connectivity index (χ3n) is 2.93. The lowest BCUT2D eigenvalue weighted by atomic mass is 10.0. The Morgan fingerprint density at radius 1 is 1.21 bits per heavy atom. The van der Waals surface area contributed by atoms with Crippen LogP contribution in [0.4, 0.5) is 0 Å². The van der Waals surface area contributed by atoms with Crippen LogP contribution in [0.2, 0.25) is 0 Å². The first kappa shape index (κ1) is 14.0. The molecule has 2 aromatic rings. The van der Waals surface area contributed by atoms with Gasteiger partial charge in [-0.2, -0.15) is 0 Å². The van der Waals surface area contributed by atoms with E-state index in [0.29, 0.717) is 0 Å². The van der Waals surface area contributed by atoms with E-state index in [-0.39, 0.29) is 6.04 Å². The first-order valence-electron chi connectivity index (χ1n) is 6.17. The molecule has 1 aromatic heterocycles. The van der Waals surface area contributed by atoms with E-state index in [1.54, 1.807) is 13.3 Å². The summed E-state index contributed by atoms with van der Waals surface area (Å²) in [5.74, 6) is 0.890. The van der Waals surface area contributed by atoms with E-state index < -0.39 is 0 Å². The average molecular weight is 321 g/mol. The number of pyridine rings is 1. The second-order valence-electron chi connectivity index (χ2n) is 4.45. The standard InChI is InChI=1S/C15H17BrN2O/c1-19-15-5-3-2-4-11(15)8-13(17)9-14-7-6-12(16)10-18-14/h2-7,10,13H,8-9,17H2,1H3. The van der Waals surface area contributed by atoms with Gasteiger partial charge in [0.05, 0.1) is 7.11 Å². The number of halogens is 1. The maximum absolute atomic E-state index is 6.19. The Kier molecular flexibility index (Phi) is 4.93. The minimum atomic E-state index is 0.0324. The molecule has 0 aliphatic heterocycles. The summed E-state index contributed by atoms with van der Waals surface area (Å²) < 4.78 is 6.32. The third-order valence-corrected chi connectivity index (χ3v) is 3.40. The lowest BCUT2D eigenvalue weighted by Gasteiger charge is -2.13. The maximum Gasteiger partial charge on any atom is 0.122 e. The van der Waals surface area contributed by atoms with Crippen LogP contribution in [0.3, 0.4) is 0 Å². The van der Waals surface area contributed by atoms with Gasteiger partial charge in [-0.3, -0.25) is 4.98 Å². The number of hydrogen-bond donors (Lipinski definition) is 1. The largest absolute Gasteiger partial charge is 0.496 e. The van der Waals surface area contributed by atoms with Crippen molar-refractivity contribution in [1.29, 1.82) is 0 Å². The summed E-state index contributed by atoms with van der Waals surface area (Å²) in [7, 11) is 1.68. The van der Waals surface area contributed by atoms with Crippen LogP contribution in [0.5, 0.6) is 5.75 Å². The van der Waals surface area contributed by atoms with Crippen molar-refractivity contribution in [2.24, 2.45) is 5.73 Å². The van der Waals surface area contributed by atoms with Crippen LogP contribution in [-0.4, -0.2) is 18.1 Å². The minimum Gasteiger partial charge on any atom is -0.496 e. The molecule has 2 N–H and O–H groups in total. The van der Waals surface area contributed by atoms with Crippen LogP contribution < -0.4 is 10.5 Å². The SMILES string of the molecule is COc1ccccc1CC(N)Cc1ccc(Br)cn1. The van der Waals surface area contributed by atoms with Gasteiger partial charge in [0.2, 0.25) is 0 Å². The zero-order valence-corrected chi connectivity index (χ0v) is 12.4. The van der Waals surface area contributed by atoms with Crippen molar-refractivity contribution in [2.75, 3.05) is 7.11 Å². The Morgan fingerprint density at radius 2 is 2.00 bits per heavy atom. The van der Waals surface area contributed by atoms with Crippen LogP contribution in [-0.2, 0) is 12.8 Å². The molecule has 3 nitrogen and oxygen atoms in total.